The summed E-state index contributed by atoms with van der Waals surface area (Å²) in [6.45, 7) is 6.22. The molecule has 3 fully saturated rings. The Kier molecular flexibility index (Phi) is 7.63. The van der Waals surface area contributed by atoms with Crippen LogP contribution in [0.1, 0.15) is 36.9 Å². The maximum atomic E-state index is 14.5. The third kappa shape index (κ3) is 4.33. The number of carbonyl (C=O) groups is 3. The molecule has 2 aromatic rings. The molecule has 6 atom stereocenters. The maximum absolute atomic E-state index is 14.5. The number of fused-ring (bicyclic) bond motifs is 1. The summed E-state index contributed by atoms with van der Waals surface area (Å²) < 4.78 is 4.66. The molecule has 0 aliphatic carbocycles. The van der Waals surface area contributed by atoms with Crippen LogP contribution in [-0.4, -0.2) is 68.5 Å². The van der Waals surface area contributed by atoms with Crippen molar-refractivity contribution in [1.82, 2.24) is 9.80 Å². The van der Waals surface area contributed by atoms with E-state index in [1.54, 1.807) is 34.6 Å². The van der Waals surface area contributed by atoms with Gasteiger partial charge in [-0.3, -0.25) is 14.4 Å². The van der Waals surface area contributed by atoms with Gasteiger partial charge in [0, 0.05) is 18.3 Å². The second kappa shape index (κ2) is 10.9. The molecule has 3 aliphatic heterocycles. The van der Waals surface area contributed by atoms with Crippen molar-refractivity contribution < 1.29 is 24.2 Å². The zero-order valence-corrected chi connectivity index (χ0v) is 22.4. The molecule has 3 saturated heterocycles. The first kappa shape index (κ1) is 26.5. The standard InChI is InChI=1S/C30H34N2O5S/c1-3-17-31(18-20-11-7-5-8-12-20)28(35)26-30-16-15-23(38-30)24(29(36)37-4-2)25(30)27(34)32(26)22(19-33)21-13-9-6-10-14-21/h3,5-14,22-26,33H,1,4,15-19H2,2H3/t22-,23-,24+,25+,26?,30?/m1/s1. The largest absolute Gasteiger partial charge is 0.466 e. The highest BCUT2D eigenvalue weighted by Gasteiger charge is 2.74. The highest BCUT2D eigenvalue weighted by molar-refractivity contribution is 8.02. The van der Waals surface area contributed by atoms with Gasteiger partial charge in [-0.1, -0.05) is 66.7 Å². The fourth-order valence-corrected chi connectivity index (χ4v) is 8.79. The molecule has 38 heavy (non-hydrogen) atoms. The minimum Gasteiger partial charge on any atom is -0.466 e. The van der Waals surface area contributed by atoms with Crippen LogP contribution in [0, 0.1) is 11.8 Å². The van der Waals surface area contributed by atoms with E-state index in [0.717, 1.165) is 17.5 Å². The van der Waals surface area contributed by atoms with Gasteiger partial charge in [0.2, 0.25) is 11.8 Å². The predicted octanol–water partition coefficient (Wildman–Crippen LogP) is 3.59. The van der Waals surface area contributed by atoms with Crippen molar-refractivity contribution in [1.29, 1.82) is 0 Å². The number of likely N-dealkylation sites (tertiary alicyclic amines) is 1. The summed E-state index contributed by atoms with van der Waals surface area (Å²) in [6, 6.07) is 17.5. The van der Waals surface area contributed by atoms with E-state index in [1.807, 2.05) is 60.7 Å². The maximum Gasteiger partial charge on any atom is 0.310 e. The van der Waals surface area contributed by atoms with Crippen molar-refractivity contribution >= 4 is 29.5 Å². The van der Waals surface area contributed by atoms with Crippen LogP contribution in [0.25, 0.3) is 0 Å². The van der Waals surface area contributed by atoms with Crippen molar-refractivity contribution in [2.45, 2.75) is 48.4 Å². The van der Waals surface area contributed by atoms with Crippen LogP contribution in [-0.2, 0) is 25.7 Å². The number of nitrogens with zero attached hydrogens (tertiary/aromatic N) is 2. The van der Waals surface area contributed by atoms with E-state index in [-0.39, 0.29) is 36.2 Å². The molecule has 0 aromatic heterocycles. The lowest BCUT2D eigenvalue weighted by molar-refractivity contribution is -0.154. The van der Waals surface area contributed by atoms with Crippen molar-refractivity contribution in [2.24, 2.45) is 11.8 Å². The number of benzene rings is 2. The van der Waals surface area contributed by atoms with Crippen LogP contribution in [0.4, 0.5) is 0 Å². The zero-order valence-electron chi connectivity index (χ0n) is 21.6. The second-order valence-electron chi connectivity index (χ2n) is 10.2. The second-order valence-corrected chi connectivity index (χ2v) is 11.8. The van der Waals surface area contributed by atoms with Crippen LogP contribution in [0.3, 0.4) is 0 Å². The summed E-state index contributed by atoms with van der Waals surface area (Å²) in [5.41, 5.74) is 1.73. The molecule has 3 heterocycles. The van der Waals surface area contributed by atoms with Crippen LogP contribution >= 0.6 is 11.8 Å². The molecule has 5 rings (SSSR count). The van der Waals surface area contributed by atoms with Crippen molar-refractivity contribution in [3.05, 3.63) is 84.4 Å². The van der Waals surface area contributed by atoms with Gasteiger partial charge in [-0.25, -0.2) is 0 Å². The van der Waals surface area contributed by atoms with Gasteiger partial charge in [0.05, 0.1) is 35.8 Å². The molecule has 0 saturated carbocycles. The van der Waals surface area contributed by atoms with Crippen molar-refractivity contribution in [3.8, 4) is 0 Å². The minimum absolute atomic E-state index is 0.0632. The number of rotatable bonds is 10. The van der Waals surface area contributed by atoms with Gasteiger partial charge >= 0.3 is 5.97 Å². The molecule has 2 bridgehead atoms. The Morgan fingerprint density at radius 2 is 1.89 bits per heavy atom. The molecule has 0 radical (unpaired) electrons. The van der Waals surface area contributed by atoms with Gasteiger partial charge in [-0.05, 0) is 30.9 Å². The molecule has 7 nitrogen and oxygen atoms in total. The molecule has 8 heteroatoms. The Hall–Kier alpha value is -3.10. The number of esters is 1. The van der Waals surface area contributed by atoms with E-state index in [9.17, 15) is 19.5 Å². The Labute approximate surface area is 227 Å². The topological polar surface area (TPSA) is 87.2 Å². The number of aliphatic hydroxyl groups is 1. The van der Waals surface area contributed by atoms with E-state index < -0.39 is 28.7 Å². The smallest absolute Gasteiger partial charge is 0.310 e. The summed E-state index contributed by atoms with van der Waals surface area (Å²) in [6.07, 6.45) is 3.09. The van der Waals surface area contributed by atoms with Crippen LogP contribution in [0.15, 0.2) is 73.3 Å². The average molecular weight is 535 g/mol. The lowest BCUT2D eigenvalue weighted by Gasteiger charge is -2.39. The summed E-state index contributed by atoms with van der Waals surface area (Å²) >= 11 is 1.60. The number of hydrogen-bond donors (Lipinski definition) is 1. The Balaban J connectivity index is 1.60. The fourth-order valence-electron chi connectivity index (χ4n) is 6.61. The first-order chi connectivity index (χ1) is 18.5. The molecule has 2 aromatic carbocycles. The van der Waals surface area contributed by atoms with Crippen molar-refractivity contribution in [2.75, 3.05) is 19.8 Å². The van der Waals surface area contributed by atoms with Gasteiger partial charge in [0.1, 0.15) is 6.04 Å². The van der Waals surface area contributed by atoms with E-state index >= 15 is 0 Å². The molecule has 2 unspecified atom stereocenters. The molecular weight excluding hydrogens is 500 g/mol. The monoisotopic (exact) mass is 534 g/mol. The first-order valence-electron chi connectivity index (χ1n) is 13.2. The lowest BCUT2D eigenvalue weighted by Crippen LogP contribution is -2.55. The van der Waals surface area contributed by atoms with E-state index in [1.165, 1.54) is 0 Å². The molecular formula is C30H34N2O5S. The van der Waals surface area contributed by atoms with E-state index in [2.05, 4.69) is 6.58 Å². The highest BCUT2D eigenvalue weighted by Crippen LogP contribution is 2.67. The first-order valence-corrected chi connectivity index (χ1v) is 14.1. The van der Waals surface area contributed by atoms with Crippen LogP contribution in [0.2, 0.25) is 0 Å². The highest BCUT2D eigenvalue weighted by atomic mass is 32.2. The van der Waals surface area contributed by atoms with Crippen molar-refractivity contribution in [3.63, 3.8) is 0 Å². The van der Waals surface area contributed by atoms with Gasteiger partial charge < -0.3 is 19.6 Å². The van der Waals surface area contributed by atoms with Gasteiger partial charge in [-0.2, -0.15) is 0 Å². The minimum atomic E-state index is -0.824. The molecule has 3 aliphatic rings. The summed E-state index contributed by atoms with van der Waals surface area (Å²) in [5, 5.41) is 10.5. The molecule has 1 N–H and O–H groups in total. The number of aliphatic hydroxyl groups excluding tert-OH is 1. The van der Waals surface area contributed by atoms with Gasteiger partial charge in [-0.15, -0.1) is 18.3 Å². The average Bonchev–Trinajstić information content (AvgIpc) is 3.58. The van der Waals surface area contributed by atoms with E-state index in [0.29, 0.717) is 19.5 Å². The Morgan fingerprint density at radius 3 is 2.53 bits per heavy atom. The molecule has 200 valence electrons. The summed E-state index contributed by atoms with van der Waals surface area (Å²) in [5.74, 6) is -2.07. The summed E-state index contributed by atoms with van der Waals surface area (Å²) in [4.78, 5) is 45.3. The Bertz CT molecular complexity index is 1190. The van der Waals surface area contributed by atoms with Gasteiger partial charge in [0.15, 0.2) is 0 Å². The number of thioether (sulfide) groups is 1. The normalized spacial score (nSPS) is 28.2. The number of hydrogen-bond acceptors (Lipinski definition) is 6. The number of amides is 2. The number of ether oxygens (including phenoxy) is 1. The SMILES string of the molecule is C=CCN(Cc1ccccc1)C(=O)C1N([C@H](CO)c2ccccc2)C(=O)[C@@H]2[C@@H](C(=O)OCC)[C@H]3CCC12S3. The van der Waals surface area contributed by atoms with Crippen LogP contribution < -0.4 is 0 Å². The van der Waals surface area contributed by atoms with Crippen LogP contribution in [0.5, 0.6) is 0 Å². The van der Waals surface area contributed by atoms with Gasteiger partial charge in [0.25, 0.3) is 0 Å². The summed E-state index contributed by atoms with van der Waals surface area (Å²) in [7, 11) is 0. The predicted molar refractivity (Wildman–Crippen MR) is 146 cm³/mol. The molecule has 2 amide bonds. The quantitative estimate of drug-likeness (QED) is 0.370. The zero-order chi connectivity index (χ0) is 26.9. The fraction of sp³-hybridized carbons (Fsp3) is 0.433. The Morgan fingerprint density at radius 1 is 1.21 bits per heavy atom. The lowest BCUT2D eigenvalue weighted by atomic mass is 9.71. The third-order valence-corrected chi connectivity index (χ3v) is 10.1. The van der Waals surface area contributed by atoms with E-state index in [4.69, 9.17) is 4.74 Å². The third-order valence-electron chi connectivity index (χ3n) is 8.10. The molecule has 1 spiro atoms. The number of carbonyl (C=O) groups excluding carboxylic acids is 3.